The SMILES string of the molecule is CN(C)CCOCCOCCN(C)C(=O)C1CC(N)CN1C(=O)c1ccc2c(=O)oc(=O)[nH]c2c1. The average Bonchev–Trinajstić information content (AvgIpc) is 3.20. The standard InChI is InChI=1S/C23H33N5O7/c1-26(2)6-8-33-10-11-34-9-7-27(3)21(30)19-13-16(24)14-28(19)20(29)15-4-5-17-18(12-15)25-23(32)35-22(17)31/h4-5,12,16,19H,6-11,13-14,24H2,1-3H3,(H,25,32). The van der Waals surface area contributed by atoms with Crippen LogP contribution in [-0.4, -0.2) is 111 Å². The Labute approximate surface area is 202 Å². The molecule has 1 aliphatic heterocycles. The van der Waals surface area contributed by atoms with Crippen molar-refractivity contribution in [2.24, 2.45) is 5.73 Å². The van der Waals surface area contributed by atoms with Crippen LogP contribution < -0.4 is 17.1 Å². The van der Waals surface area contributed by atoms with E-state index < -0.39 is 23.3 Å². The zero-order chi connectivity index (χ0) is 25.5. The minimum Gasteiger partial charge on any atom is -0.378 e. The summed E-state index contributed by atoms with van der Waals surface area (Å²) in [5, 5.41) is 0.148. The fraction of sp³-hybridized carbons (Fsp3) is 0.565. The molecule has 12 nitrogen and oxygen atoms in total. The number of benzene rings is 1. The molecule has 1 aromatic carbocycles. The number of nitrogens with two attached hydrogens (primary N) is 1. The number of hydrogen-bond donors (Lipinski definition) is 2. The molecule has 192 valence electrons. The molecule has 12 heteroatoms. The molecular weight excluding hydrogens is 458 g/mol. The Morgan fingerprint density at radius 3 is 2.49 bits per heavy atom. The fourth-order valence-electron chi connectivity index (χ4n) is 3.86. The van der Waals surface area contributed by atoms with Crippen molar-refractivity contribution in [2.45, 2.75) is 18.5 Å². The van der Waals surface area contributed by atoms with Crippen LogP contribution in [-0.2, 0) is 14.3 Å². The van der Waals surface area contributed by atoms with Gasteiger partial charge in [0, 0.05) is 38.3 Å². The van der Waals surface area contributed by atoms with Crippen molar-refractivity contribution in [2.75, 3.05) is 67.2 Å². The number of likely N-dealkylation sites (tertiary alicyclic amines) is 1. The van der Waals surface area contributed by atoms with E-state index in [0.717, 1.165) is 6.54 Å². The maximum absolute atomic E-state index is 13.2. The van der Waals surface area contributed by atoms with Crippen LogP contribution >= 0.6 is 0 Å². The number of amides is 2. The van der Waals surface area contributed by atoms with E-state index in [1.54, 1.807) is 7.05 Å². The molecule has 2 amide bonds. The van der Waals surface area contributed by atoms with E-state index in [0.29, 0.717) is 39.4 Å². The summed E-state index contributed by atoms with van der Waals surface area (Å²) in [6, 6.07) is 3.21. The lowest BCUT2D eigenvalue weighted by molar-refractivity contribution is -0.134. The Morgan fingerprint density at radius 2 is 1.80 bits per heavy atom. The summed E-state index contributed by atoms with van der Waals surface area (Å²) in [5.41, 5.74) is 5.71. The van der Waals surface area contributed by atoms with Crippen LogP contribution in [0.2, 0.25) is 0 Å². The van der Waals surface area contributed by atoms with E-state index in [1.807, 2.05) is 19.0 Å². The van der Waals surface area contributed by atoms with E-state index in [1.165, 1.54) is 28.0 Å². The van der Waals surface area contributed by atoms with Crippen LogP contribution in [0, 0.1) is 0 Å². The Hall–Kier alpha value is -3.06. The van der Waals surface area contributed by atoms with Gasteiger partial charge in [-0.15, -0.1) is 0 Å². The zero-order valence-electron chi connectivity index (χ0n) is 20.3. The van der Waals surface area contributed by atoms with Gasteiger partial charge in [0.15, 0.2) is 0 Å². The summed E-state index contributed by atoms with van der Waals surface area (Å²) in [6.07, 6.45) is 0.337. The van der Waals surface area contributed by atoms with E-state index in [-0.39, 0.29) is 35.0 Å². The lowest BCUT2D eigenvalue weighted by Crippen LogP contribution is -2.47. The molecule has 2 aromatic rings. The molecular formula is C23H33N5O7. The minimum atomic E-state index is -0.910. The van der Waals surface area contributed by atoms with Gasteiger partial charge in [-0.3, -0.25) is 14.6 Å². The highest BCUT2D eigenvalue weighted by Gasteiger charge is 2.39. The van der Waals surface area contributed by atoms with Gasteiger partial charge in [0.2, 0.25) is 5.91 Å². The van der Waals surface area contributed by atoms with Crippen molar-refractivity contribution >= 4 is 22.7 Å². The summed E-state index contributed by atoms with van der Waals surface area (Å²) in [7, 11) is 5.61. The molecule has 1 fully saturated rings. The largest absolute Gasteiger partial charge is 0.419 e. The number of carbonyl (C=O) groups is 2. The summed E-state index contributed by atoms with van der Waals surface area (Å²) < 4.78 is 15.5. The van der Waals surface area contributed by atoms with E-state index in [9.17, 15) is 19.2 Å². The van der Waals surface area contributed by atoms with Crippen molar-refractivity contribution < 1.29 is 23.5 Å². The maximum atomic E-state index is 13.2. The lowest BCUT2D eigenvalue weighted by atomic mass is 10.1. The van der Waals surface area contributed by atoms with Crippen molar-refractivity contribution in [1.82, 2.24) is 19.7 Å². The van der Waals surface area contributed by atoms with Gasteiger partial charge in [-0.1, -0.05) is 0 Å². The first-order chi connectivity index (χ1) is 16.7. The number of aromatic nitrogens is 1. The third-order valence-corrected chi connectivity index (χ3v) is 5.79. The quantitative estimate of drug-likeness (QED) is 0.380. The second-order valence-corrected chi connectivity index (χ2v) is 8.82. The van der Waals surface area contributed by atoms with Crippen LogP contribution in [0.3, 0.4) is 0 Å². The predicted octanol–water partition coefficient (Wildman–Crippen LogP) is -0.924. The average molecular weight is 492 g/mol. The van der Waals surface area contributed by atoms with Crippen LogP contribution in [0.4, 0.5) is 0 Å². The van der Waals surface area contributed by atoms with Crippen molar-refractivity contribution in [3.05, 3.63) is 44.7 Å². The second kappa shape index (κ2) is 12.1. The Kier molecular flexibility index (Phi) is 9.15. The molecule has 2 heterocycles. The number of nitrogens with zero attached hydrogens (tertiary/aromatic N) is 3. The summed E-state index contributed by atoms with van der Waals surface area (Å²) >= 11 is 0. The summed E-state index contributed by atoms with van der Waals surface area (Å²) in [6.45, 7) is 3.28. The minimum absolute atomic E-state index is 0.148. The van der Waals surface area contributed by atoms with Gasteiger partial charge in [0.25, 0.3) is 5.91 Å². The Balaban J connectivity index is 1.57. The third-order valence-electron chi connectivity index (χ3n) is 5.79. The number of H-pyrrole nitrogens is 1. The van der Waals surface area contributed by atoms with Gasteiger partial charge in [-0.05, 0) is 38.7 Å². The molecule has 1 aliphatic rings. The highest BCUT2D eigenvalue weighted by molar-refractivity contribution is 6.00. The normalized spacial score (nSPS) is 17.9. The molecule has 0 spiro atoms. The number of carbonyl (C=O) groups excluding carboxylic acids is 2. The first-order valence-corrected chi connectivity index (χ1v) is 11.5. The van der Waals surface area contributed by atoms with E-state index >= 15 is 0 Å². The van der Waals surface area contributed by atoms with Crippen LogP contribution in [0.1, 0.15) is 16.8 Å². The van der Waals surface area contributed by atoms with Gasteiger partial charge in [-0.2, -0.15) is 0 Å². The molecule has 3 rings (SSSR count). The van der Waals surface area contributed by atoms with Gasteiger partial charge in [0.1, 0.15) is 6.04 Å². The number of fused-ring (bicyclic) bond motifs is 1. The molecule has 0 radical (unpaired) electrons. The molecule has 1 aromatic heterocycles. The van der Waals surface area contributed by atoms with Crippen molar-refractivity contribution in [3.8, 4) is 0 Å². The molecule has 0 bridgehead atoms. The molecule has 35 heavy (non-hydrogen) atoms. The first-order valence-electron chi connectivity index (χ1n) is 11.5. The molecule has 2 atom stereocenters. The highest BCUT2D eigenvalue weighted by atomic mass is 16.5. The van der Waals surface area contributed by atoms with Gasteiger partial charge in [-0.25, -0.2) is 9.59 Å². The predicted molar refractivity (Wildman–Crippen MR) is 128 cm³/mol. The summed E-state index contributed by atoms with van der Waals surface area (Å²) in [5.74, 6) is -1.55. The number of hydrogen-bond acceptors (Lipinski definition) is 9. The molecule has 2 unspecified atom stereocenters. The Bertz CT molecular complexity index is 1150. The van der Waals surface area contributed by atoms with Crippen molar-refractivity contribution in [1.29, 1.82) is 0 Å². The van der Waals surface area contributed by atoms with Gasteiger partial charge < -0.3 is 34.3 Å². The molecule has 3 N–H and O–H groups in total. The number of nitrogens with one attached hydrogen (secondary N) is 1. The molecule has 0 aliphatic carbocycles. The highest BCUT2D eigenvalue weighted by Crippen LogP contribution is 2.22. The fourth-order valence-corrected chi connectivity index (χ4v) is 3.86. The number of likely N-dealkylation sites (N-methyl/N-ethyl adjacent to an activating group) is 2. The van der Waals surface area contributed by atoms with Crippen LogP contribution in [0.5, 0.6) is 0 Å². The monoisotopic (exact) mass is 491 g/mol. The molecule has 1 saturated heterocycles. The van der Waals surface area contributed by atoms with Crippen LogP contribution in [0.15, 0.2) is 32.2 Å². The first kappa shape index (κ1) is 26.5. The van der Waals surface area contributed by atoms with Crippen LogP contribution in [0.25, 0.3) is 10.9 Å². The number of rotatable bonds is 11. The smallest absolute Gasteiger partial charge is 0.378 e. The second-order valence-electron chi connectivity index (χ2n) is 8.82. The zero-order valence-corrected chi connectivity index (χ0v) is 20.3. The number of aromatic amines is 1. The van der Waals surface area contributed by atoms with Gasteiger partial charge >= 0.3 is 11.4 Å². The van der Waals surface area contributed by atoms with E-state index in [2.05, 4.69) is 9.40 Å². The lowest BCUT2D eigenvalue weighted by Gasteiger charge is -2.28. The Morgan fingerprint density at radius 1 is 1.11 bits per heavy atom. The van der Waals surface area contributed by atoms with Crippen molar-refractivity contribution in [3.63, 3.8) is 0 Å². The topological polar surface area (TPSA) is 151 Å². The number of ether oxygens (including phenoxy) is 2. The maximum Gasteiger partial charge on any atom is 0.419 e. The summed E-state index contributed by atoms with van der Waals surface area (Å²) in [4.78, 5) is 57.1. The molecule has 0 saturated carbocycles. The third kappa shape index (κ3) is 6.98. The van der Waals surface area contributed by atoms with Gasteiger partial charge in [0.05, 0.1) is 37.3 Å². The van der Waals surface area contributed by atoms with E-state index in [4.69, 9.17) is 15.2 Å².